The summed E-state index contributed by atoms with van der Waals surface area (Å²) in [5.74, 6) is 0.902. The topological polar surface area (TPSA) is 68.3 Å². The number of halogens is 1. The molecule has 17 heavy (non-hydrogen) atoms. The van der Waals surface area contributed by atoms with E-state index in [0.717, 1.165) is 19.6 Å². The van der Waals surface area contributed by atoms with Crippen molar-refractivity contribution in [2.45, 2.75) is 6.42 Å². The van der Waals surface area contributed by atoms with E-state index < -0.39 is 0 Å². The number of nitrogens with two attached hydrogens (primary N) is 1. The van der Waals surface area contributed by atoms with Crippen LogP contribution in [-0.4, -0.2) is 25.7 Å². The number of hydrogen-bond acceptors (Lipinski definition) is 3. The smallest absolute Gasteiger partial charge is 0.131 e. The first-order valence-electron chi connectivity index (χ1n) is 5.52. The lowest BCUT2D eigenvalue weighted by molar-refractivity contribution is 0.167. The molecule has 0 spiro atoms. The molecule has 3 N–H and O–H groups in total. The molecule has 1 atom stereocenters. The predicted molar refractivity (Wildman–Crippen MR) is 66.9 cm³/mol. The Morgan fingerprint density at radius 1 is 1.59 bits per heavy atom. The molecule has 1 aliphatic rings. The van der Waals surface area contributed by atoms with E-state index in [2.05, 4.69) is 0 Å². The third-order valence-corrected chi connectivity index (χ3v) is 3.06. The third kappa shape index (κ3) is 2.90. The van der Waals surface area contributed by atoms with Crippen molar-refractivity contribution in [3.63, 3.8) is 0 Å². The number of amidine groups is 1. The lowest BCUT2D eigenvalue weighted by Gasteiger charge is -2.14. The van der Waals surface area contributed by atoms with Crippen molar-refractivity contribution in [1.29, 1.82) is 5.41 Å². The van der Waals surface area contributed by atoms with E-state index in [1.807, 2.05) is 0 Å². The molecule has 4 nitrogen and oxygen atoms in total. The van der Waals surface area contributed by atoms with Gasteiger partial charge < -0.3 is 15.2 Å². The molecule has 92 valence electrons. The highest BCUT2D eigenvalue weighted by molar-refractivity contribution is 6.34. The summed E-state index contributed by atoms with van der Waals surface area (Å²) in [6.07, 6.45) is 1.01. The molecular weight excluding hydrogens is 240 g/mol. The quantitative estimate of drug-likeness (QED) is 0.638. The molecule has 0 aromatic heterocycles. The Bertz CT molecular complexity index is 417. The van der Waals surface area contributed by atoms with Crippen LogP contribution in [0.3, 0.4) is 0 Å². The molecule has 0 amide bonds. The largest absolute Gasteiger partial charge is 0.492 e. The highest BCUT2D eigenvalue weighted by atomic mass is 35.5. The van der Waals surface area contributed by atoms with Crippen LogP contribution in [0.5, 0.6) is 5.75 Å². The SMILES string of the molecule is N=C(N)c1c(Cl)cccc1OCC1CCOC1. The molecule has 0 saturated carbocycles. The predicted octanol–water partition coefficient (Wildman–Crippen LogP) is 2.04. The second kappa shape index (κ2) is 5.38. The van der Waals surface area contributed by atoms with Crippen molar-refractivity contribution in [2.24, 2.45) is 11.7 Å². The Hall–Kier alpha value is -1.26. The van der Waals surface area contributed by atoms with E-state index >= 15 is 0 Å². The van der Waals surface area contributed by atoms with Crippen molar-refractivity contribution < 1.29 is 9.47 Å². The van der Waals surface area contributed by atoms with Crippen molar-refractivity contribution in [1.82, 2.24) is 0 Å². The maximum Gasteiger partial charge on any atom is 0.131 e. The van der Waals surface area contributed by atoms with E-state index in [9.17, 15) is 0 Å². The summed E-state index contributed by atoms with van der Waals surface area (Å²) < 4.78 is 11.0. The molecule has 1 unspecified atom stereocenters. The Kier molecular flexibility index (Phi) is 3.86. The number of nitrogens with one attached hydrogen (secondary N) is 1. The van der Waals surface area contributed by atoms with Crippen LogP contribution in [0.4, 0.5) is 0 Å². The third-order valence-electron chi connectivity index (χ3n) is 2.74. The summed E-state index contributed by atoms with van der Waals surface area (Å²) in [6.45, 7) is 2.10. The van der Waals surface area contributed by atoms with Crippen LogP contribution in [0.2, 0.25) is 5.02 Å². The molecule has 1 aromatic carbocycles. The number of benzene rings is 1. The van der Waals surface area contributed by atoms with E-state index in [0.29, 0.717) is 28.9 Å². The number of rotatable bonds is 4. The van der Waals surface area contributed by atoms with Gasteiger partial charge in [-0.15, -0.1) is 0 Å². The minimum absolute atomic E-state index is 0.0757. The van der Waals surface area contributed by atoms with Crippen LogP contribution < -0.4 is 10.5 Å². The van der Waals surface area contributed by atoms with Gasteiger partial charge in [-0.2, -0.15) is 0 Å². The Morgan fingerprint density at radius 3 is 3.06 bits per heavy atom. The van der Waals surface area contributed by atoms with Crippen LogP contribution in [0.1, 0.15) is 12.0 Å². The molecule has 1 saturated heterocycles. The second-order valence-electron chi connectivity index (χ2n) is 4.07. The minimum atomic E-state index is -0.0757. The molecule has 0 bridgehead atoms. The second-order valence-corrected chi connectivity index (χ2v) is 4.47. The van der Waals surface area contributed by atoms with Crippen LogP contribution in [0.25, 0.3) is 0 Å². The van der Waals surface area contributed by atoms with E-state index in [-0.39, 0.29) is 5.84 Å². The highest BCUT2D eigenvalue weighted by Gasteiger charge is 2.18. The van der Waals surface area contributed by atoms with Gasteiger partial charge >= 0.3 is 0 Å². The summed E-state index contributed by atoms with van der Waals surface area (Å²) in [5.41, 5.74) is 5.96. The van der Waals surface area contributed by atoms with Crippen LogP contribution in [-0.2, 0) is 4.74 Å². The van der Waals surface area contributed by atoms with Crippen molar-refractivity contribution in [3.05, 3.63) is 28.8 Å². The standard InChI is InChI=1S/C12H15ClN2O2/c13-9-2-1-3-10(11(9)12(14)15)17-7-8-4-5-16-6-8/h1-3,8H,4-7H2,(H3,14,15). The molecule has 1 aromatic rings. The Labute approximate surface area is 105 Å². The number of hydrogen-bond donors (Lipinski definition) is 2. The minimum Gasteiger partial charge on any atom is -0.492 e. The first-order chi connectivity index (χ1) is 8.18. The zero-order valence-corrected chi connectivity index (χ0v) is 10.2. The van der Waals surface area contributed by atoms with Gasteiger partial charge in [-0.1, -0.05) is 17.7 Å². The maximum absolute atomic E-state index is 7.49. The lowest BCUT2D eigenvalue weighted by Crippen LogP contribution is -2.17. The van der Waals surface area contributed by atoms with Gasteiger partial charge in [0.25, 0.3) is 0 Å². The van der Waals surface area contributed by atoms with Gasteiger partial charge in [-0.3, -0.25) is 5.41 Å². The van der Waals surface area contributed by atoms with Gasteiger partial charge in [0.15, 0.2) is 0 Å². The van der Waals surface area contributed by atoms with Crippen LogP contribution in [0.15, 0.2) is 18.2 Å². The molecule has 5 heteroatoms. The van der Waals surface area contributed by atoms with E-state index in [1.165, 1.54) is 0 Å². The maximum atomic E-state index is 7.49. The summed E-state index contributed by atoms with van der Waals surface area (Å²) in [5, 5.41) is 7.94. The fraction of sp³-hybridized carbons (Fsp3) is 0.417. The molecule has 1 fully saturated rings. The van der Waals surface area contributed by atoms with Crippen molar-refractivity contribution in [2.75, 3.05) is 19.8 Å². The Morgan fingerprint density at radius 2 is 2.41 bits per heavy atom. The monoisotopic (exact) mass is 254 g/mol. The molecule has 0 radical (unpaired) electrons. The normalized spacial score (nSPS) is 19.2. The van der Waals surface area contributed by atoms with Gasteiger partial charge in [0.1, 0.15) is 11.6 Å². The summed E-state index contributed by atoms with van der Waals surface area (Å²) in [6, 6.07) is 5.26. The fourth-order valence-electron chi connectivity index (χ4n) is 1.81. The van der Waals surface area contributed by atoms with E-state index in [4.69, 9.17) is 32.2 Å². The first kappa shape index (κ1) is 12.2. The fourth-order valence-corrected chi connectivity index (χ4v) is 2.08. The highest BCUT2D eigenvalue weighted by Crippen LogP contribution is 2.26. The zero-order valence-electron chi connectivity index (χ0n) is 9.41. The Balaban J connectivity index is 2.09. The average Bonchev–Trinajstić information content (AvgIpc) is 2.78. The average molecular weight is 255 g/mol. The number of ether oxygens (including phenoxy) is 2. The lowest BCUT2D eigenvalue weighted by atomic mass is 10.1. The van der Waals surface area contributed by atoms with Gasteiger partial charge in [-0.25, -0.2) is 0 Å². The molecule has 1 aliphatic heterocycles. The van der Waals surface area contributed by atoms with Crippen molar-refractivity contribution in [3.8, 4) is 5.75 Å². The van der Waals surface area contributed by atoms with Crippen LogP contribution >= 0.6 is 11.6 Å². The van der Waals surface area contributed by atoms with E-state index in [1.54, 1.807) is 18.2 Å². The summed E-state index contributed by atoms with van der Waals surface area (Å²) >= 11 is 5.99. The molecular formula is C12H15ClN2O2. The van der Waals surface area contributed by atoms with Gasteiger partial charge in [0.05, 0.1) is 23.8 Å². The van der Waals surface area contributed by atoms with Gasteiger partial charge in [0, 0.05) is 12.5 Å². The summed E-state index contributed by atoms with van der Waals surface area (Å²) in [4.78, 5) is 0. The number of nitrogen functional groups attached to an aromatic ring is 1. The van der Waals surface area contributed by atoms with Crippen LogP contribution in [0, 0.1) is 11.3 Å². The summed E-state index contributed by atoms with van der Waals surface area (Å²) in [7, 11) is 0. The first-order valence-corrected chi connectivity index (χ1v) is 5.89. The molecule has 0 aliphatic carbocycles. The molecule has 1 heterocycles. The van der Waals surface area contributed by atoms with Gasteiger partial charge in [-0.05, 0) is 18.6 Å². The van der Waals surface area contributed by atoms with Crippen molar-refractivity contribution >= 4 is 17.4 Å². The molecule has 2 rings (SSSR count). The zero-order chi connectivity index (χ0) is 12.3. The van der Waals surface area contributed by atoms with Gasteiger partial charge in [0.2, 0.25) is 0 Å².